The number of aromatic nitrogens is 2. The first-order valence-corrected chi connectivity index (χ1v) is 10.9. The molecule has 162 valence electrons. The van der Waals surface area contributed by atoms with E-state index in [9.17, 15) is 14.7 Å². The van der Waals surface area contributed by atoms with Gasteiger partial charge in [-0.3, -0.25) is 9.36 Å². The quantitative estimate of drug-likeness (QED) is 0.426. The number of benzene rings is 3. The van der Waals surface area contributed by atoms with Gasteiger partial charge in [0.2, 0.25) is 0 Å². The van der Waals surface area contributed by atoms with Crippen molar-refractivity contribution in [3.63, 3.8) is 0 Å². The van der Waals surface area contributed by atoms with E-state index in [2.05, 4.69) is 6.92 Å². The molecule has 0 radical (unpaired) electrons. The second kappa shape index (κ2) is 9.18. The molecule has 0 saturated heterocycles. The second-order valence-electron chi connectivity index (χ2n) is 8.09. The van der Waals surface area contributed by atoms with Gasteiger partial charge in [-0.15, -0.1) is 0 Å². The van der Waals surface area contributed by atoms with Crippen LogP contribution in [-0.2, 0) is 13.0 Å². The molecule has 32 heavy (non-hydrogen) atoms. The number of carboxylic acids is 1. The van der Waals surface area contributed by atoms with E-state index < -0.39 is 5.97 Å². The normalized spacial score (nSPS) is 11.1. The van der Waals surface area contributed by atoms with Crippen LogP contribution in [0.4, 0.5) is 0 Å². The largest absolute Gasteiger partial charge is 0.478 e. The van der Waals surface area contributed by atoms with Gasteiger partial charge >= 0.3 is 5.97 Å². The summed E-state index contributed by atoms with van der Waals surface area (Å²) in [5.74, 6) is -0.150. The predicted octanol–water partition coefficient (Wildman–Crippen LogP) is 5.46. The maximum absolute atomic E-state index is 13.3. The van der Waals surface area contributed by atoms with E-state index >= 15 is 0 Å². The molecule has 0 unspecified atom stereocenters. The average molecular weight is 427 g/mol. The van der Waals surface area contributed by atoms with Crippen molar-refractivity contribution in [1.29, 1.82) is 0 Å². The molecule has 0 bridgehead atoms. The summed E-state index contributed by atoms with van der Waals surface area (Å²) < 4.78 is 1.78. The second-order valence-corrected chi connectivity index (χ2v) is 8.09. The molecule has 0 fully saturated rings. The summed E-state index contributed by atoms with van der Waals surface area (Å²) in [6, 6.07) is 20.5. The smallest absolute Gasteiger partial charge is 0.336 e. The first kappa shape index (κ1) is 21.5. The number of rotatable bonds is 7. The van der Waals surface area contributed by atoms with Crippen LogP contribution in [0.5, 0.6) is 0 Å². The van der Waals surface area contributed by atoms with Crippen LogP contribution in [-0.4, -0.2) is 20.6 Å². The molecule has 1 N–H and O–H groups in total. The van der Waals surface area contributed by atoms with Crippen molar-refractivity contribution in [3.05, 3.63) is 99.6 Å². The van der Waals surface area contributed by atoms with E-state index in [4.69, 9.17) is 4.98 Å². The standard InChI is InChI=1S/C27H26N2O3/c1-3-4-9-25-28-24-15-10-18(2)16-23(24)26(30)29(25)17-19-11-13-20(14-12-19)21-7-5-6-8-22(21)27(31)32/h5-8,10-16H,3-4,9,17H2,1-2H3,(H,31,32). The van der Waals surface area contributed by atoms with E-state index in [0.717, 1.165) is 47.3 Å². The number of nitrogens with zero attached hydrogens (tertiary/aromatic N) is 2. The fourth-order valence-electron chi connectivity index (χ4n) is 3.96. The van der Waals surface area contributed by atoms with Crippen molar-refractivity contribution in [3.8, 4) is 11.1 Å². The molecular weight excluding hydrogens is 400 g/mol. The summed E-state index contributed by atoms with van der Waals surface area (Å²) in [6.45, 7) is 4.53. The van der Waals surface area contributed by atoms with Crippen molar-refractivity contribution in [2.24, 2.45) is 0 Å². The van der Waals surface area contributed by atoms with Gasteiger partial charge in [-0.2, -0.15) is 0 Å². The van der Waals surface area contributed by atoms with Crippen molar-refractivity contribution >= 4 is 16.9 Å². The lowest BCUT2D eigenvalue weighted by Gasteiger charge is -2.14. The third-order valence-corrected chi connectivity index (χ3v) is 5.71. The van der Waals surface area contributed by atoms with Crippen LogP contribution in [0.25, 0.3) is 22.0 Å². The molecule has 1 heterocycles. The zero-order valence-electron chi connectivity index (χ0n) is 18.3. The molecule has 0 aliphatic carbocycles. The number of aryl methyl sites for hydroxylation is 2. The number of hydrogen-bond donors (Lipinski definition) is 1. The summed E-state index contributed by atoms with van der Waals surface area (Å²) in [5, 5.41) is 10.1. The molecule has 1 aromatic heterocycles. The van der Waals surface area contributed by atoms with E-state index in [1.165, 1.54) is 0 Å². The maximum Gasteiger partial charge on any atom is 0.336 e. The van der Waals surface area contributed by atoms with Crippen LogP contribution in [0, 0.1) is 6.92 Å². The van der Waals surface area contributed by atoms with Gasteiger partial charge in [0, 0.05) is 6.42 Å². The Labute approximate surface area is 187 Å². The third kappa shape index (κ3) is 4.33. The number of hydrogen-bond acceptors (Lipinski definition) is 3. The van der Waals surface area contributed by atoms with Crippen LogP contribution < -0.4 is 5.56 Å². The highest BCUT2D eigenvalue weighted by atomic mass is 16.4. The zero-order valence-corrected chi connectivity index (χ0v) is 18.3. The Balaban J connectivity index is 1.72. The Morgan fingerprint density at radius 2 is 1.78 bits per heavy atom. The van der Waals surface area contributed by atoms with E-state index in [-0.39, 0.29) is 11.1 Å². The number of unbranched alkanes of at least 4 members (excludes halogenated alkanes) is 1. The molecule has 4 aromatic rings. The number of aromatic carboxylic acids is 1. The topological polar surface area (TPSA) is 72.2 Å². The SMILES string of the molecule is CCCCc1nc2ccc(C)cc2c(=O)n1Cc1ccc(-c2ccccc2C(=O)O)cc1. The Morgan fingerprint density at radius 3 is 2.50 bits per heavy atom. The molecular formula is C27H26N2O3. The summed E-state index contributed by atoms with van der Waals surface area (Å²) in [7, 11) is 0. The van der Waals surface area contributed by atoms with Crippen LogP contribution in [0.1, 0.15) is 47.1 Å². The lowest BCUT2D eigenvalue weighted by molar-refractivity contribution is 0.0697. The van der Waals surface area contributed by atoms with Gasteiger partial charge in [0.1, 0.15) is 5.82 Å². The highest BCUT2D eigenvalue weighted by molar-refractivity contribution is 5.96. The molecule has 5 nitrogen and oxygen atoms in total. The van der Waals surface area contributed by atoms with Gasteiger partial charge in [0.25, 0.3) is 5.56 Å². The lowest BCUT2D eigenvalue weighted by Crippen LogP contribution is -2.26. The van der Waals surface area contributed by atoms with E-state index in [0.29, 0.717) is 17.5 Å². The molecule has 0 aliphatic rings. The fraction of sp³-hybridized carbons (Fsp3) is 0.222. The summed E-state index contributed by atoms with van der Waals surface area (Å²) >= 11 is 0. The highest BCUT2D eigenvalue weighted by Crippen LogP contribution is 2.24. The monoisotopic (exact) mass is 426 g/mol. The number of fused-ring (bicyclic) bond motifs is 1. The molecule has 3 aromatic carbocycles. The summed E-state index contributed by atoms with van der Waals surface area (Å²) in [4.78, 5) is 29.7. The van der Waals surface area contributed by atoms with Crippen molar-refractivity contribution in [1.82, 2.24) is 9.55 Å². The van der Waals surface area contributed by atoms with Gasteiger partial charge in [0.15, 0.2) is 0 Å². The molecule has 0 saturated carbocycles. The Bertz CT molecular complexity index is 1340. The Morgan fingerprint density at radius 1 is 1.03 bits per heavy atom. The molecule has 0 atom stereocenters. The lowest BCUT2D eigenvalue weighted by atomic mass is 9.98. The third-order valence-electron chi connectivity index (χ3n) is 5.71. The molecule has 4 rings (SSSR count). The first-order valence-electron chi connectivity index (χ1n) is 10.9. The van der Waals surface area contributed by atoms with Crippen molar-refractivity contribution in [2.45, 2.75) is 39.7 Å². The highest BCUT2D eigenvalue weighted by Gasteiger charge is 2.13. The molecule has 0 amide bonds. The minimum absolute atomic E-state index is 0.0231. The fourth-order valence-corrected chi connectivity index (χ4v) is 3.96. The first-order chi connectivity index (χ1) is 15.5. The van der Waals surface area contributed by atoms with Gasteiger partial charge in [-0.25, -0.2) is 9.78 Å². The number of carboxylic acid groups (broad SMARTS) is 1. The molecule has 0 spiro atoms. The summed E-state index contributed by atoms with van der Waals surface area (Å²) in [6.07, 6.45) is 2.74. The van der Waals surface area contributed by atoms with Gasteiger partial charge in [-0.1, -0.05) is 67.4 Å². The van der Waals surface area contributed by atoms with Crippen LogP contribution in [0.2, 0.25) is 0 Å². The summed E-state index contributed by atoms with van der Waals surface area (Å²) in [5.41, 5.74) is 4.50. The Hall–Kier alpha value is -3.73. The van der Waals surface area contributed by atoms with Crippen LogP contribution in [0.3, 0.4) is 0 Å². The molecule has 5 heteroatoms. The van der Waals surface area contributed by atoms with Crippen LogP contribution >= 0.6 is 0 Å². The minimum atomic E-state index is -0.950. The average Bonchev–Trinajstić information content (AvgIpc) is 2.80. The van der Waals surface area contributed by atoms with Crippen LogP contribution in [0.15, 0.2) is 71.5 Å². The molecule has 0 aliphatic heterocycles. The predicted molar refractivity (Wildman–Crippen MR) is 127 cm³/mol. The van der Waals surface area contributed by atoms with Crippen molar-refractivity contribution < 1.29 is 9.90 Å². The number of carbonyl (C=O) groups is 1. The zero-order chi connectivity index (χ0) is 22.7. The van der Waals surface area contributed by atoms with E-state index in [1.807, 2.05) is 55.5 Å². The van der Waals surface area contributed by atoms with Gasteiger partial charge in [0.05, 0.1) is 23.0 Å². The van der Waals surface area contributed by atoms with Crippen molar-refractivity contribution in [2.75, 3.05) is 0 Å². The van der Waals surface area contributed by atoms with Gasteiger partial charge in [-0.05, 0) is 48.2 Å². The minimum Gasteiger partial charge on any atom is -0.478 e. The maximum atomic E-state index is 13.3. The van der Waals surface area contributed by atoms with Gasteiger partial charge < -0.3 is 5.11 Å². The van der Waals surface area contributed by atoms with E-state index in [1.54, 1.807) is 22.8 Å². The Kier molecular flexibility index (Phi) is 6.17.